The van der Waals surface area contributed by atoms with E-state index in [4.69, 9.17) is 5.26 Å². The minimum atomic E-state index is -0.320. The average molecular weight is 366 g/mol. The number of piperazine rings is 1. The fraction of sp³-hybridized carbons (Fsp3) is 0.333. The summed E-state index contributed by atoms with van der Waals surface area (Å²) in [4.78, 5) is 17.0. The molecule has 0 spiro atoms. The molecule has 1 amide bonds. The van der Waals surface area contributed by atoms with Crippen LogP contribution in [0.3, 0.4) is 0 Å². The summed E-state index contributed by atoms with van der Waals surface area (Å²) in [6, 6.07) is 15.3. The Labute approximate surface area is 159 Å². The topological polar surface area (TPSA) is 59.4 Å². The minimum absolute atomic E-state index is 0.0813. The van der Waals surface area contributed by atoms with Crippen molar-refractivity contribution < 1.29 is 9.18 Å². The lowest BCUT2D eigenvalue weighted by atomic mass is 10.1. The zero-order valence-electron chi connectivity index (χ0n) is 15.4. The molecule has 2 aromatic rings. The SMILES string of the molecule is C[C@H](C(=O)Nc1ccc(F)cc1)N1CCN(Cc2ccc(C#N)cc2)CC1. The lowest BCUT2D eigenvalue weighted by molar-refractivity contribution is -0.121. The van der Waals surface area contributed by atoms with Crippen LogP contribution >= 0.6 is 0 Å². The van der Waals surface area contributed by atoms with E-state index in [2.05, 4.69) is 21.2 Å². The maximum atomic E-state index is 13.0. The number of nitriles is 1. The van der Waals surface area contributed by atoms with Gasteiger partial charge in [0, 0.05) is 38.4 Å². The highest BCUT2D eigenvalue weighted by Gasteiger charge is 2.25. The van der Waals surface area contributed by atoms with Gasteiger partial charge in [0.1, 0.15) is 5.82 Å². The second kappa shape index (κ2) is 8.76. The molecule has 0 unspecified atom stereocenters. The van der Waals surface area contributed by atoms with E-state index in [0.717, 1.165) is 32.7 Å². The first-order valence-corrected chi connectivity index (χ1v) is 9.07. The molecule has 6 heteroatoms. The molecule has 1 fully saturated rings. The Morgan fingerprint density at radius 1 is 1.11 bits per heavy atom. The molecule has 5 nitrogen and oxygen atoms in total. The van der Waals surface area contributed by atoms with Crippen molar-refractivity contribution >= 4 is 11.6 Å². The van der Waals surface area contributed by atoms with Crippen LogP contribution in [0.1, 0.15) is 18.1 Å². The maximum Gasteiger partial charge on any atom is 0.241 e. The normalized spacial score (nSPS) is 16.5. The Kier molecular flexibility index (Phi) is 6.17. The second-order valence-corrected chi connectivity index (χ2v) is 6.79. The number of hydrogen-bond donors (Lipinski definition) is 1. The quantitative estimate of drug-likeness (QED) is 0.884. The molecule has 1 N–H and O–H groups in total. The van der Waals surface area contributed by atoms with Gasteiger partial charge >= 0.3 is 0 Å². The zero-order valence-corrected chi connectivity index (χ0v) is 15.4. The third kappa shape index (κ3) is 5.13. The molecule has 1 saturated heterocycles. The van der Waals surface area contributed by atoms with Gasteiger partial charge in [-0.2, -0.15) is 5.26 Å². The number of carbonyl (C=O) groups excluding carboxylic acids is 1. The van der Waals surface area contributed by atoms with Gasteiger partial charge in [-0.15, -0.1) is 0 Å². The van der Waals surface area contributed by atoms with Gasteiger partial charge in [0.05, 0.1) is 17.7 Å². The van der Waals surface area contributed by atoms with E-state index in [0.29, 0.717) is 11.3 Å². The number of anilines is 1. The molecule has 1 heterocycles. The van der Waals surface area contributed by atoms with E-state index >= 15 is 0 Å². The molecular formula is C21H23FN4O. The largest absolute Gasteiger partial charge is 0.325 e. The van der Waals surface area contributed by atoms with E-state index in [9.17, 15) is 9.18 Å². The van der Waals surface area contributed by atoms with Gasteiger partial charge in [-0.3, -0.25) is 14.6 Å². The number of rotatable bonds is 5. The van der Waals surface area contributed by atoms with Crippen LogP contribution < -0.4 is 5.32 Å². The summed E-state index contributed by atoms with van der Waals surface area (Å²) in [5, 5.41) is 11.7. The van der Waals surface area contributed by atoms with Crippen molar-refractivity contribution in [3.8, 4) is 6.07 Å². The monoisotopic (exact) mass is 366 g/mol. The fourth-order valence-corrected chi connectivity index (χ4v) is 3.20. The molecule has 1 aliphatic rings. The van der Waals surface area contributed by atoms with Gasteiger partial charge in [0.25, 0.3) is 0 Å². The summed E-state index contributed by atoms with van der Waals surface area (Å²) >= 11 is 0. The van der Waals surface area contributed by atoms with E-state index < -0.39 is 0 Å². The maximum absolute atomic E-state index is 13.0. The number of hydrogen-bond acceptors (Lipinski definition) is 4. The van der Waals surface area contributed by atoms with Crippen molar-refractivity contribution in [1.82, 2.24) is 9.80 Å². The number of carbonyl (C=O) groups is 1. The van der Waals surface area contributed by atoms with Crippen molar-refractivity contribution in [3.63, 3.8) is 0 Å². The third-order valence-corrected chi connectivity index (χ3v) is 4.94. The Morgan fingerprint density at radius 3 is 2.33 bits per heavy atom. The van der Waals surface area contributed by atoms with Gasteiger partial charge in [0.2, 0.25) is 5.91 Å². The van der Waals surface area contributed by atoms with Gasteiger partial charge < -0.3 is 5.32 Å². The van der Waals surface area contributed by atoms with E-state index in [-0.39, 0.29) is 17.8 Å². The van der Waals surface area contributed by atoms with Crippen molar-refractivity contribution in [2.24, 2.45) is 0 Å². The van der Waals surface area contributed by atoms with Crippen molar-refractivity contribution in [1.29, 1.82) is 5.26 Å². The van der Waals surface area contributed by atoms with Crippen LogP contribution in [0.25, 0.3) is 0 Å². The van der Waals surface area contributed by atoms with Gasteiger partial charge in [-0.1, -0.05) is 12.1 Å². The lowest BCUT2D eigenvalue weighted by Crippen LogP contribution is -2.52. The molecule has 1 aliphatic heterocycles. The smallest absolute Gasteiger partial charge is 0.241 e. The summed E-state index contributed by atoms with van der Waals surface area (Å²) in [6.07, 6.45) is 0. The van der Waals surface area contributed by atoms with Crippen LogP contribution in [0.15, 0.2) is 48.5 Å². The van der Waals surface area contributed by atoms with Crippen LogP contribution in [0.2, 0.25) is 0 Å². The molecule has 1 atom stereocenters. The summed E-state index contributed by atoms with van der Waals surface area (Å²) < 4.78 is 13.0. The summed E-state index contributed by atoms with van der Waals surface area (Å²) in [5.74, 6) is -0.401. The highest BCUT2D eigenvalue weighted by molar-refractivity contribution is 5.94. The Balaban J connectivity index is 1.48. The Morgan fingerprint density at radius 2 is 1.74 bits per heavy atom. The predicted molar refractivity (Wildman–Crippen MR) is 102 cm³/mol. The predicted octanol–water partition coefficient (Wildman–Crippen LogP) is 2.84. The molecule has 0 radical (unpaired) electrons. The van der Waals surface area contributed by atoms with Gasteiger partial charge in [-0.05, 0) is 48.9 Å². The number of halogens is 1. The average Bonchev–Trinajstić information content (AvgIpc) is 2.70. The molecule has 0 saturated carbocycles. The minimum Gasteiger partial charge on any atom is -0.325 e. The fourth-order valence-electron chi connectivity index (χ4n) is 3.20. The Hall–Kier alpha value is -2.75. The van der Waals surface area contributed by atoms with E-state index in [1.54, 1.807) is 12.1 Å². The molecule has 3 rings (SSSR count). The zero-order chi connectivity index (χ0) is 19.2. The van der Waals surface area contributed by atoms with Crippen molar-refractivity contribution in [2.75, 3.05) is 31.5 Å². The molecule has 0 aromatic heterocycles. The Bertz CT molecular complexity index is 806. The van der Waals surface area contributed by atoms with Crippen molar-refractivity contribution in [3.05, 3.63) is 65.5 Å². The highest BCUT2D eigenvalue weighted by Crippen LogP contribution is 2.14. The first kappa shape index (κ1) is 19.0. The molecular weight excluding hydrogens is 343 g/mol. The van der Waals surface area contributed by atoms with Crippen LogP contribution in [-0.4, -0.2) is 47.9 Å². The number of nitrogens with one attached hydrogen (secondary N) is 1. The first-order valence-electron chi connectivity index (χ1n) is 9.07. The number of amides is 1. The molecule has 0 bridgehead atoms. The van der Waals surface area contributed by atoms with Gasteiger partial charge in [0.15, 0.2) is 0 Å². The highest BCUT2D eigenvalue weighted by atomic mass is 19.1. The number of benzene rings is 2. The van der Waals surface area contributed by atoms with Crippen LogP contribution in [0.4, 0.5) is 10.1 Å². The van der Waals surface area contributed by atoms with E-state index in [1.807, 2.05) is 31.2 Å². The molecule has 0 aliphatic carbocycles. The second-order valence-electron chi connectivity index (χ2n) is 6.79. The van der Waals surface area contributed by atoms with Crippen LogP contribution in [-0.2, 0) is 11.3 Å². The van der Waals surface area contributed by atoms with Crippen LogP contribution in [0.5, 0.6) is 0 Å². The van der Waals surface area contributed by atoms with Crippen LogP contribution in [0, 0.1) is 17.1 Å². The van der Waals surface area contributed by atoms with E-state index in [1.165, 1.54) is 17.7 Å². The molecule has 2 aromatic carbocycles. The van der Waals surface area contributed by atoms with Crippen molar-refractivity contribution in [2.45, 2.75) is 19.5 Å². The van der Waals surface area contributed by atoms with Gasteiger partial charge in [-0.25, -0.2) is 4.39 Å². The third-order valence-electron chi connectivity index (χ3n) is 4.94. The molecule has 140 valence electrons. The first-order chi connectivity index (χ1) is 13.0. The lowest BCUT2D eigenvalue weighted by Gasteiger charge is -2.37. The summed E-state index contributed by atoms with van der Waals surface area (Å²) in [6.45, 7) is 6.13. The molecule has 27 heavy (non-hydrogen) atoms. The summed E-state index contributed by atoms with van der Waals surface area (Å²) in [5.41, 5.74) is 2.46. The standard InChI is InChI=1S/C21H23FN4O/c1-16(21(27)24-20-8-6-19(22)7-9-20)26-12-10-25(11-13-26)15-18-4-2-17(14-23)3-5-18/h2-9,16H,10-13,15H2,1H3,(H,24,27)/t16-/m1/s1. The summed E-state index contributed by atoms with van der Waals surface area (Å²) in [7, 11) is 0. The number of nitrogens with zero attached hydrogens (tertiary/aromatic N) is 3.